The molecule has 1 spiro atoms. The standard InChI is InChI=1S/C32H35N5O3/c1-3-6-28-27(17-22-9-11-23(12-10-22)26-8-5-4-7-24(26)18-33)29(38)36(30-34-21-35-37(28)30)25-13-15-32(16-14-25)19-31(2,39)20-40-32/h4-5,7-12,21,25,39H,3,6,13-17,19-20H2,1-2H3. The van der Waals surface area contributed by atoms with Crippen LogP contribution in [0.25, 0.3) is 16.9 Å². The maximum Gasteiger partial charge on any atom is 0.259 e. The van der Waals surface area contributed by atoms with E-state index in [1.807, 2.05) is 64.5 Å². The van der Waals surface area contributed by atoms with Gasteiger partial charge in [0.1, 0.15) is 6.33 Å². The van der Waals surface area contributed by atoms with Gasteiger partial charge in [-0.1, -0.05) is 55.8 Å². The highest BCUT2D eigenvalue weighted by molar-refractivity contribution is 5.70. The Morgan fingerprint density at radius 2 is 1.90 bits per heavy atom. The summed E-state index contributed by atoms with van der Waals surface area (Å²) in [7, 11) is 0. The van der Waals surface area contributed by atoms with Crippen molar-refractivity contribution in [3.63, 3.8) is 0 Å². The minimum Gasteiger partial charge on any atom is -0.388 e. The molecule has 1 saturated carbocycles. The first-order valence-electron chi connectivity index (χ1n) is 14.2. The van der Waals surface area contributed by atoms with E-state index in [1.54, 1.807) is 0 Å². The average molecular weight is 538 g/mol. The summed E-state index contributed by atoms with van der Waals surface area (Å²) >= 11 is 0. The molecule has 1 aliphatic heterocycles. The van der Waals surface area contributed by atoms with E-state index in [-0.39, 0.29) is 17.2 Å². The number of benzene rings is 2. The third kappa shape index (κ3) is 4.74. The SMILES string of the molecule is CCCc1c(Cc2ccc(-c3ccccc3C#N)cc2)c(=O)n(C2CCC3(CC2)CC(C)(O)CO3)c2ncnn12. The lowest BCUT2D eigenvalue weighted by atomic mass is 9.78. The van der Waals surface area contributed by atoms with Gasteiger partial charge in [0.05, 0.1) is 35.1 Å². The first-order chi connectivity index (χ1) is 19.3. The summed E-state index contributed by atoms with van der Waals surface area (Å²) < 4.78 is 9.83. The molecule has 6 rings (SSSR count). The fourth-order valence-corrected chi connectivity index (χ4v) is 6.73. The average Bonchev–Trinajstić information content (AvgIpc) is 3.56. The summed E-state index contributed by atoms with van der Waals surface area (Å²) in [6, 6.07) is 18.0. The fourth-order valence-electron chi connectivity index (χ4n) is 6.73. The zero-order valence-electron chi connectivity index (χ0n) is 23.1. The molecule has 1 saturated heterocycles. The van der Waals surface area contributed by atoms with Crippen molar-refractivity contribution in [1.82, 2.24) is 19.2 Å². The Labute approximate surface area is 233 Å². The Hall–Kier alpha value is -3.80. The largest absolute Gasteiger partial charge is 0.388 e. The topological polar surface area (TPSA) is 105 Å². The van der Waals surface area contributed by atoms with Crippen molar-refractivity contribution >= 4 is 5.78 Å². The van der Waals surface area contributed by atoms with Crippen LogP contribution >= 0.6 is 0 Å². The van der Waals surface area contributed by atoms with Crippen LogP contribution in [0.3, 0.4) is 0 Å². The van der Waals surface area contributed by atoms with E-state index in [0.717, 1.165) is 66.5 Å². The van der Waals surface area contributed by atoms with Crippen molar-refractivity contribution in [1.29, 1.82) is 5.26 Å². The molecule has 8 heteroatoms. The minimum absolute atomic E-state index is 0.00161. The zero-order valence-corrected chi connectivity index (χ0v) is 23.1. The van der Waals surface area contributed by atoms with E-state index in [4.69, 9.17) is 4.74 Å². The highest BCUT2D eigenvalue weighted by Gasteiger charge is 2.48. The van der Waals surface area contributed by atoms with Crippen LogP contribution in [0, 0.1) is 11.3 Å². The molecule has 0 amide bonds. The second-order valence-electron chi connectivity index (χ2n) is 11.7. The lowest BCUT2D eigenvalue weighted by Crippen LogP contribution is -2.39. The van der Waals surface area contributed by atoms with Crippen molar-refractivity contribution < 1.29 is 9.84 Å². The third-order valence-electron chi connectivity index (χ3n) is 8.63. The normalized spacial score (nSPS) is 24.5. The van der Waals surface area contributed by atoms with Crippen molar-refractivity contribution in [2.24, 2.45) is 0 Å². The van der Waals surface area contributed by atoms with E-state index in [1.165, 1.54) is 6.33 Å². The van der Waals surface area contributed by atoms with E-state index in [9.17, 15) is 15.2 Å². The van der Waals surface area contributed by atoms with Crippen LogP contribution in [0.1, 0.15) is 80.8 Å². The molecular formula is C32H35N5O3. The van der Waals surface area contributed by atoms with Crippen LogP contribution in [-0.4, -0.2) is 42.1 Å². The van der Waals surface area contributed by atoms with Gasteiger partial charge in [0.2, 0.25) is 5.78 Å². The molecule has 1 N–H and O–H groups in total. The first-order valence-corrected chi connectivity index (χ1v) is 14.2. The van der Waals surface area contributed by atoms with Crippen molar-refractivity contribution in [3.05, 3.63) is 87.6 Å². The molecule has 1 unspecified atom stereocenters. The van der Waals surface area contributed by atoms with Crippen molar-refractivity contribution in [3.8, 4) is 17.2 Å². The van der Waals surface area contributed by atoms with E-state index in [0.29, 0.717) is 30.8 Å². The summed E-state index contributed by atoms with van der Waals surface area (Å²) in [5.41, 5.74) is 4.13. The number of rotatable bonds is 6. The Morgan fingerprint density at radius 3 is 2.58 bits per heavy atom. The lowest BCUT2D eigenvalue weighted by molar-refractivity contribution is -0.0371. The molecule has 2 aromatic carbocycles. The van der Waals surface area contributed by atoms with E-state index >= 15 is 0 Å². The van der Waals surface area contributed by atoms with Gasteiger partial charge in [-0.15, -0.1) is 0 Å². The molecule has 1 atom stereocenters. The van der Waals surface area contributed by atoms with Gasteiger partial charge in [0, 0.05) is 24.4 Å². The number of fused-ring (bicyclic) bond motifs is 1. The Bertz CT molecular complexity index is 1640. The number of hydrogen-bond acceptors (Lipinski definition) is 6. The van der Waals surface area contributed by atoms with Gasteiger partial charge in [0.15, 0.2) is 0 Å². The van der Waals surface area contributed by atoms with Gasteiger partial charge in [0.25, 0.3) is 5.56 Å². The number of nitrogens with zero attached hydrogens (tertiary/aromatic N) is 5. The monoisotopic (exact) mass is 537 g/mol. The predicted octanol–water partition coefficient (Wildman–Crippen LogP) is 5.00. The van der Waals surface area contributed by atoms with Gasteiger partial charge in [-0.05, 0) is 61.8 Å². The minimum atomic E-state index is -0.787. The molecule has 206 valence electrons. The van der Waals surface area contributed by atoms with Crippen molar-refractivity contribution in [2.75, 3.05) is 6.61 Å². The molecule has 0 radical (unpaired) electrons. The van der Waals surface area contributed by atoms with Crippen LogP contribution in [0.5, 0.6) is 0 Å². The molecule has 0 bridgehead atoms. The number of ether oxygens (including phenoxy) is 1. The molecule has 2 aromatic heterocycles. The van der Waals surface area contributed by atoms with Crippen LogP contribution < -0.4 is 5.56 Å². The van der Waals surface area contributed by atoms with Gasteiger partial charge in [-0.2, -0.15) is 15.3 Å². The molecule has 8 nitrogen and oxygen atoms in total. The number of aliphatic hydroxyl groups is 1. The maximum atomic E-state index is 14.2. The van der Waals surface area contributed by atoms with Crippen LogP contribution in [0.4, 0.5) is 0 Å². The van der Waals surface area contributed by atoms with Gasteiger partial charge in [-0.3, -0.25) is 9.36 Å². The van der Waals surface area contributed by atoms with Crippen molar-refractivity contribution in [2.45, 2.75) is 82.5 Å². The quantitative estimate of drug-likeness (QED) is 0.371. The Kier molecular flexibility index (Phi) is 6.81. The second-order valence-corrected chi connectivity index (χ2v) is 11.7. The lowest BCUT2D eigenvalue weighted by Gasteiger charge is -2.37. The van der Waals surface area contributed by atoms with E-state index in [2.05, 4.69) is 23.1 Å². The predicted molar refractivity (Wildman–Crippen MR) is 152 cm³/mol. The first kappa shape index (κ1) is 26.4. The molecule has 3 heterocycles. The van der Waals surface area contributed by atoms with Gasteiger partial charge < -0.3 is 9.84 Å². The number of aromatic nitrogens is 4. The third-order valence-corrected chi connectivity index (χ3v) is 8.63. The zero-order chi connectivity index (χ0) is 27.9. The molecule has 1 aliphatic carbocycles. The maximum absolute atomic E-state index is 14.2. The van der Waals surface area contributed by atoms with Gasteiger partial charge >= 0.3 is 0 Å². The summed E-state index contributed by atoms with van der Waals surface area (Å²) in [5, 5.41) is 24.6. The summed E-state index contributed by atoms with van der Waals surface area (Å²) in [5.74, 6) is 0.598. The highest BCUT2D eigenvalue weighted by Crippen LogP contribution is 2.46. The van der Waals surface area contributed by atoms with Gasteiger partial charge in [-0.25, -0.2) is 4.52 Å². The van der Waals surface area contributed by atoms with Crippen LogP contribution in [-0.2, 0) is 17.6 Å². The number of hydrogen-bond donors (Lipinski definition) is 1. The Morgan fingerprint density at radius 1 is 1.15 bits per heavy atom. The summed E-state index contributed by atoms with van der Waals surface area (Å²) in [6.45, 7) is 4.31. The van der Waals surface area contributed by atoms with Crippen LogP contribution in [0.15, 0.2) is 59.7 Å². The van der Waals surface area contributed by atoms with E-state index < -0.39 is 5.60 Å². The number of aryl methyl sites for hydroxylation is 1. The summed E-state index contributed by atoms with van der Waals surface area (Å²) in [4.78, 5) is 18.8. The molecule has 40 heavy (non-hydrogen) atoms. The summed E-state index contributed by atoms with van der Waals surface area (Å²) in [6.07, 6.45) is 7.47. The molecular weight excluding hydrogens is 502 g/mol. The molecule has 4 aromatic rings. The fraction of sp³-hybridized carbons (Fsp3) is 0.438. The smallest absolute Gasteiger partial charge is 0.259 e. The Balaban J connectivity index is 1.34. The molecule has 2 aliphatic rings. The van der Waals surface area contributed by atoms with Crippen LogP contribution in [0.2, 0.25) is 0 Å². The molecule has 2 fully saturated rings. The highest BCUT2D eigenvalue weighted by atomic mass is 16.5. The number of nitriles is 1. The second kappa shape index (κ2) is 10.3.